The van der Waals surface area contributed by atoms with Gasteiger partial charge in [-0.05, 0) is 19.1 Å². The van der Waals surface area contributed by atoms with E-state index in [1.54, 1.807) is 18.3 Å². The van der Waals surface area contributed by atoms with Gasteiger partial charge in [0, 0.05) is 18.6 Å². The molecule has 6 nitrogen and oxygen atoms in total. The first-order valence-electron chi connectivity index (χ1n) is 4.93. The van der Waals surface area contributed by atoms with Crippen LogP contribution in [0, 0.1) is 12.3 Å². The minimum atomic E-state index is -0.186. The van der Waals surface area contributed by atoms with Crippen molar-refractivity contribution in [1.82, 2.24) is 15.0 Å². The molecule has 17 heavy (non-hydrogen) atoms. The summed E-state index contributed by atoms with van der Waals surface area (Å²) in [5, 5.41) is 7.38. The van der Waals surface area contributed by atoms with Crippen molar-refractivity contribution in [2.24, 2.45) is 5.73 Å². The average molecular weight is 229 g/mol. The van der Waals surface area contributed by atoms with E-state index in [0.29, 0.717) is 5.75 Å². The van der Waals surface area contributed by atoms with Crippen molar-refractivity contribution in [3.63, 3.8) is 0 Å². The van der Waals surface area contributed by atoms with Crippen LogP contribution in [0.1, 0.15) is 11.4 Å². The van der Waals surface area contributed by atoms with Crippen LogP contribution in [0.5, 0.6) is 11.6 Å². The van der Waals surface area contributed by atoms with E-state index in [-0.39, 0.29) is 17.4 Å². The maximum Gasteiger partial charge on any atom is 0.249 e. The summed E-state index contributed by atoms with van der Waals surface area (Å²) in [5.74, 6) is 0.584. The number of aryl methyl sites for hydroxylation is 1. The molecule has 86 valence electrons. The standard InChI is InChI=1S/C11H11N5O/c1-7-8(3-2-4-14-7)17-11-9(10(12)13)15-5-6-16-11/h2-6H,1H3,(H3,12,13). The zero-order chi connectivity index (χ0) is 12.3. The monoisotopic (exact) mass is 229 g/mol. The van der Waals surface area contributed by atoms with Crippen LogP contribution in [0.15, 0.2) is 30.7 Å². The van der Waals surface area contributed by atoms with Crippen molar-refractivity contribution in [2.45, 2.75) is 6.92 Å². The van der Waals surface area contributed by atoms with Crippen molar-refractivity contribution < 1.29 is 4.74 Å². The molecule has 0 atom stereocenters. The van der Waals surface area contributed by atoms with Crippen molar-refractivity contribution in [3.05, 3.63) is 42.1 Å². The molecular formula is C11H11N5O. The topological polar surface area (TPSA) is 97.8 Å². The molecular weight excluding hydrogens is 218 g/mol. The first-order chi connectivity index (χ1) is 8.18. The second-order valence-corrected chi connectivity index (χ2v) is 3.31. The van der Waals surface area contributed by atoms with E-state index in [1.807, 2.05) is 6.92 Å². The Morgan fingerprint density at radius 2 is 2.00 bits per heavy atom. The van der Waals surface area contributed by atoms with Gasteiger partial charge in [0.25, 0.3) is 0 Å². The second kappa shape index (κ2) is 4.56. The number of nitrogens with one attached hydrogen (secondary N) is 1. The predicted octanol–water partition coefficient (Wildman–Crippen LogP) is 1.26. The molecule has 3 N–H and O–H groups in total. The molecule has 0 fully saturated rings. The van der Waals surface area contributed by atoms with Crippen LogP contribution in [-0.2, 0) is 0 Å². The van der Waals surface area contributed by atoms with Crippen molar-refractivity contribution in [1.29, 1.82) is 5.41 Å². The smallest absolute Gasteiger partial charge is 0.249 e. The minimum Gasteiger partial charge on any atom is -0.435 e. The van der Waals surface area contributed by atoms with Gasteiger partial charge in [0.05, 0.1) is 5.69 Å². The molecule has 2 aromatic heterocycles. The number of aromatic nitrogens is 3. The molecule has 0 unspecified atom stereocenters. The lowest BCUT2D eigenvalue weighted by Gasteiger charge is -2.08. The van der Waals surface area contributed by atoms with E-state index in [1.165, 1.54) is 12.4 Å². The van der Waals surface area contributed by atoms with E-state index >= 15 is 0 Å². The lowest BCUT2D eigenvalue weighted by Crippen LogP contribution is -2.15. The molecule has 0 aliphatic heterocycles. The third-order valence-corrected chi connectivity index (χ3v) is 2.08. The van der Waals surface area contributed by atoms with Crippen molar-refractivity contribution in [2.75, 3.05) is 0 Å². The maximum atomic E-state index is 7.38. The molecule has 0 saturated carbocycles. The van der Waals surface area contributed by atoms with Gasteiger partial charge in [-0.25, -0.2) is 9.97 Å². The van der Waals surface area contributed by atoms with Crippen LogP contribution in [-0.4, -0.2) is 20.8 Å². The highest BCUT2D eigenvalue weighted by atomic mass is 16.5. The fourth-order valence-corrected chi connectivity index (χ4v) is 1.27. The molecule has 0 spiro atoms. The van der Waals surface area contributed by atoms with E-state index < -0.39 is 0 Å². The summed E-state index contributed by atoms with van der Waals surface area (Å²) in [6.07, 6.45) is 4.61. The average Bonchev–Trinajstić information content (AvgIpc) is 2.32. The highest BCUT2D eigenvalue weighted by Gasteiger charge is 2.11. The van der Waals surface area contributed by atoms with Gasteiger partial charge in [-0.2, -0.15) is 0 Å². The van der Waals surface area contributed by atoms with E-state index in [0.717, 1.165) is 5.69 Å². The summed E-state index contributed by atoms with van der Waals surface area (Å²) >= 11 is 0. The van der Waals surface area contributed by atoms with Crippen LogP contribution in [0.4, 0.5) is 0 Å². The molecule has 0 aliphatic rings. The van der Waals surface area contributed by atoms with E-state index in [9.17, 15) is 0 Å². The Hall–Kier alpha value is -2.50. The van der Waals surface area contributed by atoms with Crippen molar-refractivity contribution >= 4 is 5.84 Å². The minimum absolute atomic E-state index is 0.186. The van der Waals surface area contributed by atoms with Crippen LogP contribution >= 0.6 is 0 Å². The molecule has 0 aromatic carbocycles. The Balaban J connectivity index is 2.37. The Morgan fingerprint density at radius 1 is 1.24 bits per heavy atom. The number of rotatable bonds is 3. The van der Waals surface area contributed by atoms with Crippen LogP contribution in [0.25, 0.3) is 0 Å². The maximum absolute atomic E-state index is 7.38. The zero-order valence-electron chi connectivity index (χ0n) is 9.21. The highest BCUT2D eigenvalue weighted by Crippen LogP contribution is 2.22. The lowest BCUT2D eigenvalue weighted by molar-refractivity contribution is 0.452. The van der Waals surface area contributed by atoms with E-state index in [2.05, 4.69) is 15.0 Å². The van der Waals surface area contributed by atoms with Crippen LogP contribution in [0.2, 0.25) is 0 Å². The quantitative estimate of drug-likeness (QED) is 0.609. The Bertz CT molecular complexity index is 555. The largest absolute Gasteiger partial charge is 0.435 e. The normalized spacial score (nSPS) is 9.94. The third kappa shape index (κ3) is 2.36. The van der Waals surface area contributed by atoms with Crippen LogP contribution < -0.4 is 10.5 Å². The molecule has 0 amide bonds. The SMILES string of the molecule is Cc1ncccc1Oc1nccnc1C(=N)N. The van der Waals surface area contributed by atoms with Crippen LogP contribution in [0.3, 0.4) is 0 Å². The van der Waals surface area contributed by atoms with Gasteiger partial charge in [-0.1, -0.05) is 0 Å². The number of pyridine rings is 1. The van der Waals surface area contributed by atoms with E-state index in [4.69, 9.17) is 15.9 Å². The summed E-state index contributed by atoms with van der Waals surface area (Å²) in [4.78, 5) is 12.0. The summed E-state index contributed by atoms with van der Waals surface area (Å²) in [6.45, 7) is 1.82. The predicted molar refractivity (Wildman–Crippen MR) is 62.1 cm³/mol. The summed E-state index contributed by atoms with van der Waals surface area (Å²) in [6, 6.07) is 3.52. The van der Waals surface area contributed by atoms with Gasteiger partial charge in [-0.15, -0.1) is 0 Å². The molecule has 2 rings (SSSR count). The highest BCUT2D eigenvalue weighted by molar-refractivity contribution is 5.95. The molecule has 0 radical (unpaired) electrons. The zero-order valence-corrected chi connectivity index (χ0v) is 9.21. The molecule has 0 bridgehead atoms. The number of hydrogen-bond acceptors (Lipinski definition) is 5. The van der Waals surface area contributed by atoms with Gasteiger partial charge in [0.1, 0.15) is 5.84 Å². The first kappa shape index (κ1) is 11.0. The first-order valence-corrected chi connectivity index (χ1v) is 4.93. The number of hydrogen-bond donors (Lipinski definition) is 2. The number of nitrogens with two attached hydrogens (primary N) is 1. The second-order valence-electron chi connectivity index (χ2n) is 3.31. The molecule has 2 heterocycles. The number of nitrogen functional groups attached to an aromatic ring is 1. The van der Waals surface area contributed by atoms with Gasteiger partial charge in [0.15, 0.2) is 11.4 Å². The number of nitrogens with zero attached hydrogens (tertiary/aromatic N) is 3. The summed E-state index contributed by atoms with van der Waals surface area (Å²) < 4.78 is 5.54. The Labute approximate surface area is 98.0 Å². The fourth-order valence-electron chi connectivity index (χ4n) is 1.27. The summed E-state index contributed by atoms with van der Waals surface area (Å²) in [7, 11) is 0. The molecule has 2 aromatic rings. The van der Waals surface area contributed by atoms with Gasteiger partial charge >= 0.3 is 0 Å². The Morgan fingerprint density at radius 3 is 2.71 bits per heavy atom. The van der Waals surface area contributed by atoms with Gasteiger partial charge in [-0.3, -0.25) is 10.4 Å². The van der Waals surface area contributed by atoms with Gasteiger partial charge in [0.2, 0.25) is 5.88 Å². The van der Waals surface area contributed by atoms with Gasteiger partial charge < -0.3 is 10.5 Å². The fraction of sp³-hybridized carbons (Fsp3) is 0.0909. The lowest BCUT2D eigenvalue weighted by atomic mass is 10.3. The Kier molecular flexibility index (Phi) is 2.95. The molecule has 6 heteroatoms. The third-order valence-electron chi connectivity index (χ3n) is 2.08. The molecule has 0 aliphatic carbocycles. The summed E-state index contributed by atoms with van der Waals surface area (Å²) in [5.41, 5.74) is 6.34. The number of ether oxygens (including phenoxy) is 1. The molecule has 0 saturated heterocycles. The number of amidine groups is 1. The van der Waals surface area contributed by atoms with Crippen molar-refractivity contribution in [3.8, 4) is 11.6 Å².